The number of benzene rings is 1. The Morgan fingerprint density at radius 2 is 2.05 bits per heavy atom. The molecule has 0 fully saturated rings. The maximum Gasteiger partial charge on any atom is 0.323 e. The van der Waals surface area contributed by atoms with Crippen LogP contribution in [0.1, 0.15) is 12.2 Å². The Kier molecular flexibility index (Phi) is 4.03. The van der Waals surface area contributed by atoms with Gasteiger partial charge in [-0.15, -0.1) is 0 Å². The molecule has 0 aliphatic heterocycles. The fourth-order valence-electron chi connectivity index (χ4n) is 2.06. The summed E-state index contributed by atoms with van der Waals surface area (Å²) in [7, 11) is 0. The smallest absolute Gasteiger partial charge is 0.323 e. The molecular formula is C15H14ClN3O2. The number of aryl methyl sites for hydroxylation is 1. The quantitative estimate of drug-likeness (QED) is 0.786. The number of hydrogen-bond acceptors (Lipinski definition) is 4. The minimum atomic E-state index is 0.109. The fraction of sp³-hybridized carbons (Fsp3) is 0.200. The Bertz CT molecular complexity index is 705. The topological polar surface area (TPSA) is 64.1 Å². The molecule has 1 N–H and O–H groups in total. The first-order valence-electron chi connectivity index (χ1n) is 6.64. The molecule has 6 heteroatoms. The summed E-state index contributed by atoms with van der Waals surface area (Å²) in [5, 5.41) is 13.8. The Morgan fingerprint density at radius 1 is 1.24 bits per heavy atom. The molecule has 0 saturated heterocycles. The second kappa shape index (κ2) is 6.11. The van der Waals surface area contributed by atoms with Gasteiger partial charge in [0.05, 0.1) is 0 Å². The predicted molar refractivity (Wildman–Crippen MR) is 79.5 cm³/mol. The first-order valence-corrected chi connectivity index (χ1v) is 7.02. The molecule has 5 nitrogen and oxygen atoms in total. The summed E-state index contributed by atoms with van der Waals surface area (Å²) in [5.41, 5.74) is 1.68. The SMILES string of the molecule is OCCCc1oc(-n2cccn2)nc1-c1ccc(Cl)cc1. The summed E-state index contributed by atoms with van der Waals surface area (Å²) >= 11 is 5.92. The molecule has 2 heterocycles. The molecule has 3 rings (SSSR count). The van der Waals surface area contributed by atoms with Gasteiger partial charge in [-0.1, -0.05) is 23.7 Å². The molecule has 0 radical (unpaired) electrons. The highest BCUT2D eigenvalue weighted by Crippen LogP contribution is 2.27. The minimum absolute atomic E-state index is 0.109. The Morgan fingerprint density at radius 3 is 2.71 bits per heavy atom. The van der Waals surface area contributed by atoms with Crippen LogP contribution in [0.15, 0.2) is 47.1 Å². The largest absolute Gasteiger partial charge is 0.426 e. The van der Waals surface area contributed by atoms with E-state index in [0.29, 0.717) is 23.9 Å². The van der Waals surface area contributed by atoms with Crippen LogP contribution in [0.3, 0.4) is 0 Å². The number of hydrogen-bond donors (Lipinski definition) is 1. The number of aliphatic hydroxyl groups is 1. The summed E-state index contributed by atoms with van der Waals surface area (Å²) in [6.07, 6.45) is 4.67. The molecule has 108 valence electrons. The van der Waals surface area contributed by atoms with Crippen LogP contribution in [0.25, 0.3) is 17.3 Å². The van der Waals surface area contributed by atoms with Crippen molar-refractivity contribution in [3.63, 3.8) is 0 Å². The zero-order valence-electron chi connectivity index (χ0n) is 11.2. The lowest BCUT2D eigenvalue weighted by molar-refractivity contribution is 0.284. The van der Waals surface area contributed by atoms with Crippen LogP contribution in [-0.4, -0.2) is 26.5 Å². The number of oxazole rings is 1. The van der Waals surface area contributed by atoms with E-state index in [4.69, 9.17) is 21.1 Å². The molecule has 3 aromatic rings. The van der Waals surface area contributed by atoms with Gasteiger partial charge in [0.15, 0.2) is 0 Å². The zero-order valence-corrected chi connectivity index (χ0v) is 12.0. The summed E-state index contributed by atoms with van der Waals surface area (Å²) < 4.78 is 7.36. The molecular weight excluding hydrogens is 290 g/mol. The number of halogens is 1. The predicted octanol–water partition coefficient (Wildman–Crippen LogP) is 3.11. The number of nitrogens with zero attached hydrogens (tertiary/aromatic N) is 3. The molecule has 0 unspecified atom stereocenters. The van der Waals surface area contributed by atoms with Crippen molar-refractivity contribution in [2.24, 2.45) is 0 Å². The summed E-state index contributed by atoms with van der Waals surface area (Å²) in [6, 6.07) is 9.65. The monoisotopic (exact) mass is 303 g/mol. The van der Waals surface area contributed by atoms with Gasteiger partial charge >= 0.3 is 6.01 Å². The Labute approximate surface area is 126 Å². The molecule has 0 aliphatic carbocycles. The number of aliphatic hydroxyl groups excluding tert-OH is 1. The Balaban J connectivity index is 2.02. The van der Waals surface area contributed by atoms with Gasteiger partial charge < -0.3 is 9.52 Å². The van der Waals surface area contributed by atoms with Gasteiger partial charge in [0, 0.05) is 36.0 Å². The van der Waals surface area contributed by atoms with E-state index in [2.05, 4.69) is 10.1 Å². The van der Waals surface area contributed by atoms with Gasteiger partial charge in [0.1, 0.15) is 11.5 Å². The van der Waals surface area contributed by atoms with Gasteiger partial charge in [-0.3, -0.25) is 0 Å². The second-order valence-electron chi connectivity index (χ2n) is 4.55. The van der Waals surface area contributed by atoms with E-state index in [0.717, 1.165) is 17.0 Å². The average molecular weight is 304 g/mol. The van der Waals surface area contributed by atoms with Crippen LogP contribution in [0, 0.1) is 0 Å². The highest BCUT2D eigenvalue weighted by atomic mass is 35.5. The van der Waals surface area contributed by atoms with E-state index in [1.807, 2.05) is 24.3 Å². The summed E-state index contributed by atoms with van der Waals surface area (Å²) in [6.45, 7) is 0.109. The fourth-order valence-corrected chi connectivity index (χ4v) is 2.19. The summed E-state index contributed by atoms with van der Waals surface area (Å²) in [4.78, 5) is 4.51. The lowest BCUT2D eigenvalue weighted by Crippen LogP contribution is -1.93. The molecule has 21 heavy (non-hydrogen) atoms. The van der Waals surface area contributed by atoms with E-state index >= 15 is 0 Å². The van der Waals surface area contributed by atoms with E-state index in [9.17, 15) is 0 Å². The van der Waals surface area contributed by atoms with Crippen molar-refractivity contribution in [3.8, 4) is 17.3 Å². The number of aromatic nitrogens is 3. The van der Waals surface area contributed by atoms with Crippen LogP contribution < -0.4 is 0 Å². The van der Waals surface area contributed by atoms with Crippen molar-refractivity contribution < 1.29 is 9.52 Å². The van der Waals surface area contributed by atoms with E-state index < -0.39 is 0 Å². The van der Waals surface area contributed by atoms with Crippen molar-refractivity contribution in [2.75, 3.05) is 6.61 Å². The molecule has 0 atom stereocenters. The van der Waals surface area contributed by atoms with Gasteiger partial charge in [-0.05, 0) is 24.6 Å². The molecule has 2 aromatic heterocycles. The van der Waals surface area contributed by atoms with E-state index in [-0.39, 0.29) is 6.61 Å². The maximum absolute atomic E-state index is 9.02. The average Bonchev–Trinajstić information content (AvgIpc) is 3.15. The molecule has 0 aliphatic rings. The lowest BCUT2D eigenvalue weighted by Gasteiger charge is -2.00. The second-order valence-corrected chi connectivity index (χ2v) is 4.99. The van der Waals surface area contributed by atoms with Crippen molar-refractivity contribution in [3.05, 3.63) is 53.5 Å². The van der Waals surface area contributed by atoms with E-state index in [1.54, 1.807) is 23.1 Å². The van der Waals surface area contributed by atoms with Crippen LogP contribution in [0.5, 0.6) is 0 Å². The normalized spacial score (nSPS) is 11.0. The van der Waals surface area contributed by atoms with Crippen molar-refractivity contribution in [1.29, 1.82) is 0 Å². The van der Waals surface area contributed by atoms with Gasteiger partial charge in [0.25, 0.3) is 0 Å². The molecule has 0 amide bonds. The highest BCUT2D eigenvalue weighted by Gasteiger charge is 2.16. The van der Waals surface area contributed by atoms with Gasteiger partial charge in [-0.2, -0.15) is 14.8 Å². The maximum atomic E-state index is 9.02. The minimum Gasteiger partial charge on any atom is -0.426 e. The zero-order chi connectivity index (χ0) is 14.7. The van der Waals surface area contributed by atoms with Crippen molar-refractivity contribution >= 4 is 11.6 Å². The molecule has 1 aromatic carbocycles. The highest BCUT2D eigenvalue weighted by molar-refractivity contribution is 6.30. The van der Waals surface area contributed by atoms with Crippen LogP contribution in [0.2, 0.25) is 5.02 Å². The third-order valence-electron chi connectivity index (χ3n) is 3.07. The third kappa shape index (κ3) is 2.99. The molecule has 0 saturated carbocycles. The van der Waals surface area contributed by atoms with Crippen LogP contribution >= 0.6 is 11.6 Å². The van der Waals surface area contributed by atoms with E-state index in [1.165, 1.54) is 0 Å². The van der Waals surface area contributed by atoms with Gasteiger partial charge in [-0.25, -0.2) is 0 Å². The third-order valence-corrected chi connectivity index (χ3v) is 3.32. The molecule has 0 bridgehead atoms. The van der Waals surface area contributed by atoms with Gasteiger partial charge in [0.2, 0.25) is 0 Å². The first-order chi connectivity index (χ1) is 10.3. The van der Waals surface area contributed by atoms with Crippen LogP contribution in [-0.2, 0) is 6.42 Å². The van der Waals surface area contributed by atoms with Crippen molar-refractivity contribution in [2.45, 2.75) is 12.8 Å². The van der Waals surface area contributed by atoms with Crippen LogP contribution in [0.4, 0.5) is 0 Å². The van der Waals surface area contributed by atoms with Crippen molar-refractivity contribution in [1.82, 2.24) is 14.8 Å². The number of rotatable bonds is 5. The standard InChI is InChI=1S/C15H14ClN3O2/c16-12-6-4-11(5-7-12)14-13(3-1-10-20)21-15(18-14)19-9-2-8-17-19/h2,4-9,20H,1,3,10H2. The Hall–Kier alpha value is -2.11. The molecule has 0 spiro atoms. The first kappa shape index (κ1) is 13.9. The lowest BCUT2D eigenvalue weighted by atomic mass is 10.1. The summed E-state index contributed by atoms with van der Waals surface area (Å²) in [5.74, 6) is 0.733.